The van der Waals surface area contributed by atoms with Crippen LogP contribution in [0.25, 0.3) is 0 Å². The molecule has 22 heavy (non-hydrogen) atoms. The van der Waals surface area contributed by atoms with E-state index in [0.29, 0.717) is 0 Å². The van der Waals surface area contributed by atoms with Gasteiger partial charge < -0.3 is 24.3 Å². The highest BCUT2D eigenvalue weighted by Gasteiger charge is 2.44. The standard InChI is InChI=1S/C17H25NO4/c1-19-14-9-13(10-15(11-14)20-2)18-12-17(6-4-8-22-17)16-5-3-7-21-16/h9-11,16,18H,3-8,12H2,1-2H3. The van der Waals surface area contributed by atoms with Crippen LogP contribution >= 0.6 is 0 Å². The first-order chi connectivity index (χ1) is 10.8. The molecule has 0 aromatic heterocycles. The number of rotatable bonds is 6. The Hall–Kier alpha value is -1.46. The molecule has 5 nitrogen and oxygen atoms in total. The van der Waals surface area contributed by atoms with Crippen LogP contribution in [-0.4, -0.2) is 45.7 Å². The lowest BCUT2D eigenvalue weighted by atomic mass is 9.91. The van der Waals surface area contributed by atoms with Crippen LogP contribution in [0.3, 0.4) is 0 Å². The summed E-state index contributed by atoms with van der Waals surface area (Å²) in [5, 5.41) is 3.49. The van der Waals surface area contributed by atoms with Crippen LogP contribution in [-0.2, 0) is 9.47 Å². The normalized spacial score (nSPS) is 27.8. The number of hydrogen-bond donors (Lipinski definition) is 1. The zero-order valence-electron chi connectivity index (χ0n) is 13.4. The molecule has 2 aliphatic heterocycles. The average Bonchev–Trinajstić information content (AvgIpc) is 3.24. The Labute approximate surface area is 131 Å². The van der Waals surface area contributed by atoms with Gasteiger partial charge in [-0.25, -0.2) is 0 Å². The first-order valence-corrected chi connectivity index (χ1v) is 7.98. The molecule has 5 heteroatoms. The van der Waals surface area contributed by atoms with E-state index in [-0.39, 0.29) is 11.7 Å². The van der Waals surface area contributed by atoms with Gasteiger partial charge in [-0.1, -0.05) is 0 Å². The number of nitrogens with one attached hydrogen (secondary N) is 1. The summed E-state index contributed by atoms with van der Waals surface area (Å²) in [6, 6.07) is 5.81. The maximum Gasteiger partial charge on any atom is 0.124 e. The Morgan fingerprint density at radius 3 is 2.45 bits per heavy atom. The fraction of sp³-hybridized carbons (Fsp3) is 0.647. The molecule has 2 unspecified atom stereocenters. The SMILES string of the molecule is COc1cc(NCC2(C3CCCO3)CCCO2)cc(OC)c1. The van der Waals surface area contributed by atoms with E-state index in [9.17, 15) is 0 Å². The minimum absolute atomic E-state index is 0.202. The quantitative estimate of drug-likeness (QED) is 0.876. The van der Waals surface area contributed by atoms with Crippen molar-refractivity contribution in [2.45, 2.75) is 37.4 Å². The first kappa shape index (κ1) is 15.4. The van der Waals surface area contributed by atoms with Gasteiger partial charge in [0.05, 0.1) is 20.3 Å². The molecule has 2 atom stereocenters. The lowest BCUT2D eigenvalue weighted by Gasteiger charge is -2.34. The summed E-state index contributed by atoms with van der Waals surface area (Å²) in [7, 11) is 3.32. The Morgan fingerprint density at radius 1 is 1.14 bits per heavy atom. The third-order valence-corrected chi connectivity index (χ3v) is 4.59. The predicted octanol–water partition coefficient (Wildman–Crippen LogP) is 2.84. The molecule has 1 aromatic rings. The van der Waals surface area contributed by atoms with Gasteiger partial charge in [-0.15, -0.1) is 0 Å². The van der Waals surface area contributed by atoms with E-state index in [2.05, 4.69) is 5.32 Å². The fourth-order valence-electron chi connectivity index (χ4n) is 3.38. The molecule has 0 saturated carbocycles. The first-order valence-electron chi connectivity index (χ1n) is 7.98. The number of hydrogen-bond acceptors (Lipinski definition) is 5. The number of methoxy groups -OCH3 is 2. The van der Waals surface area contributed by atoms with Crippen molar-refractivity contribution in [3.8, 4) is 11.5 Å². The molecule has 1 aromatic carbocycles. The van der Waals surface area contributed by atoms with E-state index in [1.165, 1.54) is 0 Å². The molecular formula is C17H25NO4. The molecule has 0 spiro atoms. The monoisotopic (exact) mass is 307 g/mol. The lowest BCUT2D eigenvalue weighted by Crippen LogP contribution is -2.47. The average molecular weight is 307 g/mol. The van der Waals surface area contributed by atoms with Gasteiger partial charge in [0.1, 0.15) is 17.1 Å². The summed E-state index contributed by atoms with van der Waals surface area (Å²) in [4.78, 5) is 0. The van der Waals surface area contributed by atoms with Gasteiger partial charge in [0.2, 0.25) is 0 Å². The number of benzene rings is 1. The predicted molar refractivity (Wildman–Crippen MR) is 84.9 cm³/mol. The van der Waals surface area contributed by atoms with E-state index in [0.717, 1.165) is 62.6 Å². The van der Waals surface area contributed by atoms with E-state index in [1.807, 2.05) is 18.2 Å². The Morgan fingerprint density at radius 2 is 1.91 bits per heavy atom. The zero-order valence-corrected chi connectivity index (χ0v) is 13.4. The number of ether oxygens (including phenoxy) is 4. The van der Waals surface area contributed by atoms with E-state index < -0.39 is 0 Å². The van der Waals surface area contributed by atoms with Gasteiger partial charge in [0, 0.05) is 43.6 Å². The Balaban J connectivity index is 1.72. The minimum Gasteiger partial charge on any atom is -0.497 e. The van der Waals surface area contributed by atoms with E-state index in [1.54, 1.807) is 14.2 Å². The van der Waals surface area contributed by atoms with Gasteiger partial charge >= 0.3 is 0 Å². The summed E-state index contributed by atoms with van der Waals surface area (Å²) in [6.45, 7) is 2.42. The second kappa shape index (κ2) is 6.75. The second-order valence-electron chi connectivity index (χ2n) is 5.97. The van der Waals surface area contributed by atoms with Crippen LogP contribution in [0.4, 0.5) is 5.69 Å². The molecule has 2 aliphatic rings. The molecule has 0 aliphatic carbocycles. The van der Waals surface area contributed by atoms with Crippen molar-refractivity contribution >= 4 is 5.69 Å². The summed E-state index contributed by atoms with van der Waals surface area (Å²) in [6.07, 6.45) is 4.57. The highest BCUT2D eigenvalue weighted by atomic mass is 16.6. The van der Waals surface area contributed by atoms with Crippen LogP contribution in [0, 0.1) is 0 Å². The Kier molecular flexibility index (Phi) is 4.74. The Bertz CT molecular complexity index is 471. The van der Waals surface area contributed by atoms with E-state index >= 15 is 0 Å². The molecule has 122 valence electrons. The van der Waals surface area contributed by atoms with Crippen molar-refractivity contribution in [1.29, 1.82) is 0 Å². The smallest absolute Gasteiger partial charge is 0.124 e. The zero-order chi connectivity index (χ0) is 15.4. The van der Waals surface area contributed by atoms with Crippen molar-refractivity contribution in [2.24, 2.45) is 0 Å². The van der Waals surface area contributed by atoms with Crippen molar-refractivity contribution in [1.82, 2.24) is 0 Å². The van der Waals surface area contributed by atoms with Crippen molar-refractivity contribution < 1.29 is 18.9 Å². The fourth-order valence-corrected chi connectivity index (χ4v) is 3.38. The van der Waals surface area contributed by atoms with Crippen LogP contribution in [0.1, 0.15) is 25.7 Å². The summed E-state index contributed by atoms with van der Waals surface area (Å²) < 4.78 is 22.6. The molecule has 3 rings (SSSR count). The van der Waals surface area contributed by atoms with E-state index in [4.69, 9.17) is 18.9 Å². The van der Waals surface area contributed by atoms with Gasteiger partial charge in [-0.2, -0.15) is 0 Å². The molecule has 2 saturated heterocycles. The highest BCUT2D eigenvalue weighted by Crippen LogP contribution is 2.36. The van der Waals surface area contributed by atoms with Crippen LogP contribution in [0.15, 0.2) is 18.2 Å². The van der Waals surface area contributed by atoms with Gasteiger partial charge in [-0.3, -0.25) is 0 Å². The molecule has 2 fully saturated rings. The molecule has 0 amide bonds. The summed E-state index contributed by atoms with van der Waals surface area (Å²) in [5.41, 5.74) is 0.774. The second-order valence-corrected chi connectivity index (χ2v) is 5.97. The molecule has 1 N–H and O–H groups in total. The summed E-state index contributed by atoms with van der Waals surface area (Å²) >= 11 is 0. The number of anilines is 1. The minimum atomic E-state index is -0.202. The highest BCUT2D eigenvalue weighted by molar-refractivity contribution is 5.54. The summed E-state index contributed by atoms with van der Waals surface area (Å²) in [5.74, 6) is 1.56. The molecule has 0 bridgehead atoms. The van der Waals surface area contributed by atoms with Crippen LogP contribution in [0.2, 0.25) is 0 Å². The van der Waals surface area contributed by atoms with Crippen LogP contribution < -0.4 is 14.8 Å². The van der Waals surface area contributed by atoms with Gasteiger partial charge in [0.25, 0.3) is 0 Å². The largest absolute Gasteiger partial charge is 0.497 e. The topological polar surface area (TPSA) is 49.0 Å². The molecule has 0 radical (unpaired) electrons. The van der Waals surface area contributed by atoms with Gasteiger partial charge in [0.15, 0.2) is 0 Å². The van der Waals surface area contributed by atoms with Crippen molar-refractivity contribution in [2.75, 3.05) is 39.3 Å². The maximum atomic E-state index is 6.11. The molecular weight excluding hydrogens is 282 g/mol. The third-order valence-electron chi connectivity index (χ3n) is 4.59. The van der Waals surface area contributed by atoms with Gasteiger partial charge in [-0.05, 0) is 25.7 Å². The molecule has 2 heterocycles. The van der Waals surface area contributed by atoms with Crippen LogP contribution in [0.5, 0.6) is 11.5 Å². The van der Waals surface area contributed by atoms with Crippen molar-refractivity contribution in [3.63, 3.8) is 0 Å². The lowest BCUT2D eigenvalue weighted by molar-refractivity contribution is -0.0894. The van der Waals surface area contributed by atoms with Crippen molar-refractivity contribution in [3.05, 3.63) is 18.2 Å². The maximum absolute atomic E-state index is 6.11. The third kappa shape index (κ3) is 3.15.